The van der Waals surface area contributed by atoms with Gasteiger partial charge in [-0.25, -0.2) is 9.45 Å². The third-order valence-corrected chi connectivity index (χ3v) is 1.97. The number of nitrogens with zero attached hydrogens (tertiary/aromatic N) is 1. The SMILES string of the molecule is CON(C)C(=O)C(F)(Br)C(F)(F)F. The van der Waals surface area contributed by atoms with Crippen molar-refractivity contribution in [1.29, 1.82) is 0 Å². The Morgan fingerprint density at radius 3 is 2.00 bits per heavy atom. The van der Waals surface area contributed by atoms with Gasteiger partial charge in [0.05, 0.1) is 7.11 Å². The van der Waals surface area contributed by atoms with E-state index in [0.717, 1.165) is 14.2 Å². The van der Waals surface area contributed by atoms with Gasteiger partial charge >= 0.3 is 16.7 Å². The monoisotopic (exact) mass is 267 g/mol. The van der Waals surface area contributed by atoms with Gasteiger partial charge in [-0.2, -0.15) is 13.2 Å². The highest BCUT2D eigenvalue weighted by Crippen LogP contribution is 2.40. The second-order valence-corrected chi connectivity index (χ2v) is 3.15. The molecule has 13 heavy (non-hydrogen) atoms. The number of carbonyl (C=O) groups is 1. The topological polar surface area (TPSA) is 29.5 Å². The summed E-state index contributed by atoms with van der Waals surface area (Å²) in [6.07, 6.45) is -5.32. The number of alkyl halides is 5. The number of rotatable bonds is 2. The molecule has 0 saturated heterocycles. The molecule has 0 fully saturated rings. The Labute approximate surface area is 79.7 Å². The molecule has 0 spiro atoms. The first-order chi connectivity index (χ1) is 5.64. The maximum atomic E-state index is 12.7. The van der Waals surface area contributed by atoms with Crippen LogP contribution < -0.4 is 0 Å². The number of hydrogen-bond acceptors (Lipinski definition) is 2. The van der Waals surface area contributed by atoms with Crippen LogP contribution in [0.15, 0.2) is 0 Å². The third kappa shape index (κ3) is 2.53. The van der Waals surface area contributed by atoms with Crippen molar-refractivity contribution in [3.05, 3.63) is 0 Å². The fourth-order valence-corrected chi connectivity index (χ4v) is 0.652. The van der Waals surface area contributed by atoms with Gasteiger partial charge in [-0.3, -0.25) is 9.63 Å². The first-order valence-electron chi connectivity index (χ1n) is 2.91. The van der Waals surface area contributed by atoms with Crippen molar-refractivity contribution >= 4 is 21.8 Å². The van der Waals surface area contributed by atoms with E-state index in [1.54, 1.807) is 15.9 Å². The van der Waals surface area contributed by atoms with Crippen molar-refractivity contribution in [2.45, 2.75) is 10.8 Å². The zero-order valence-corrected chi connectivity index (χ0v) is 8.24. The quantitative estimate of drug-likeness (QED) is 0.432. The molecule has 0 aliphatic heterocycles. The summed E-state index contributed by atoms with van der Waals surface area (Å²) in [6.45, 7) is 0. The van der Waals surface area contributed by atoms with Crippen molar-refractivity contribution in [3.63, 3.8) is 0 Å². The largest absolute Gasteiger partial charge is 0.442 e. The van der Waals surface area contributed by atoms with Gasteiger partial charge in [-0.05, 0) is 15.9 Å². The van der Waals surface area contributed by atoms with Gasteiger partial charge in [0.2, 0.25) is 0 Å². The van der Waals surface area contributed by atoms with Crippen LogP contribution in [0.2, 0.25) is 0 Å². The Bertz CT molecular complexity index is 205. The van der Waals surface area contributed by atoms with Gasteiger partial charge in [0.25, 0.3) is 0 Å². The van der Waals surface area contributed by atoms with E-state index in [-0.39, 0.29) is 5.06 Å². The van der Waals surface area contributed by atoms with Gasteiger partial charge in [0.15, 0.2) is 0 Å². The summed E-state index contributed by atoms with van der Waals surface area (Å²) in [4.78, 5) is 14.8. The minimum atomic E-state index is -5.32. The van der Waals surface area contributed by atoms with Crippen molar-refractivity contribution in [2.75, 3.05) is 14.2 Å². The molecule has 8 heteroatoms. The maximum absolute atomic E-state index is 12.7. The average molecular weight is 268 g/mol. The van der Waals surface area contributed by atoms with Gasteiger partial charge in [0.1, 0.15) is 0 Å². The summed E-state index contributed by atoms with van der Waals surface area (Å²) in [5.41, 5.74) is 0. The fourth-order valence-electron chi connectivity index (χ4n) is 0.402. The molecule has 1 amide bonds. The predicted octanol–water partition coefficient (Wildman–Crippen LogP) is 1.63. The number of carbonyl (C=O) groups excluding carboxylic acids is 1. The molecule has 0 aromatic rings. The highest BCUT2D eigenvalue weighted by Gasteiger charge is 2.61. The van der Waals surface area contributed by atoms with E-state index in [0.29, 0.717) is 0 Å². The molecule has 0 rings (SSSR count). The molecule has 0 aromatic carbocycles. The lowest BCUT2D eigenvalue weighted by atomic mass is 10.3. The van der Waals surface area contributed by atoms with Crippen LogP contribution in [0, 0.1) is 0 Å². The average Bonchev–Trinajstić information content (AvgIpc) is 1.99. The number of amides is 1. The minimum absolute atomic E-state index is 0.141. The maximum Gasteiger partial charge on any atom is 0.442 e. The van der Waals surface area contributed by atoms with E-state index in [9.17, 15) is 22.4 Å². The van der Waals surface area contributed by atoms with E-state index in [1.165, 1.54) is 0 Å². The molecule has 0 N–H and O–H groups in total. The molecule has 0 bridgehead atoms. The van der Waals surface area contributed by atoms with E-state index in [1.807, 2.05) is 0 Å². The Kier molecular flexibility index (Phi) is 3.68. The number of hydrogen-bond donors (Lipinski definition) is 0. The summed E-state index contributed by atoms with van der Waals surface area (Å²) < 4.78 is 44.2. The van der Waals surface area contributed by atoms with Gasteiger partial charge < -0.3 is 0 Å². The van der Waals surface area contributed by atoms with E-state index in [4.69, 9.17) is 0 Å². The highest BCUT2D eigenvalue weighted by molar-refractivity contribution is 9.10. The number of halogens is 5. The molecule has 3 nitrogen and oxygen atoms in total. The lowest BCUT2D eigenvalue weighted by Gasteiger charge is -2.24. The summed E-state index contributed by atoms with van der Waals surface area (Å²) >= 11 is 1.65. The molecule has 1 unspecified atom stereocenters. The smallest absolute Gasteiger partial charge is 0.274 e. The Balaban J connectivity index is 4.75. The van der Waals surface area contributed by atoms with Crippen LogP contribution in [-0.2, 0) is 9.63 Å². The zero-order valence-electron chi connectivity index (χ0n) is 6.65. The fraction of sp³-hybridized carbons (Fsp3) is 0.800. The minimum Gasteiger partial charge on any atom is -0.274 e. The normalized spacial score (nSPS) is 16.5. The standard InChI is InChI=1S/C5H6BrF4NO2/c1-11(13-2)3(12)4(6,7)5(8,9)10/h1-2H3. The van der Waals surface area contributed by atoms with Crippen molar-refractivity contribution < 1.29 is 27.2 Å². The highest BCUT2D eigenvalue weighted by atomic mass is 79.9. The first kappa shape index (κ1) is 12.6. The molecule has 0 aliphatic rings. The second-order valence-electron chi connectivity index (χ2n) is 2.06. The summed E-state index contributed by atoms with van der Waals surface area (Å²) in [6, 6.07) is 0. The molecule has 1 atom stereocenters. The molecular formula is C5H6BrF4NO2. The lowest BCUT2D eigenvalue weighted by Crippen LogP contribution is -2.49. The summed E-state index contributed by atoms with van der Waals surface area (Å²) in [5, 5.41) is 0.141. The Hall–Kier alpha value is -0.370. The number of hydroxylamine groups is 2. The van der Waals surface area contributed by atoms with Crippen LogP contribution in [0.3, 0.4) is 0 Å². The van der Waals surface area contributed by atoms with Crippen LogP contribution >= 0.6 is 15.9 Å². The van der Waals surface area contributed by atoms with Crippen LogP contribution in [-0.4, -0.2) is 35.9 Å². The summed E-state index contributed by atoms with van der Waals surface area (Å²) in [7, 11) is 1.81. The lowest BCUT2D eigenvalue weighted by molar-refractivity contribution is -0.220. The predicted molar refractivity (Wildman–Crippen MR) is 38.6 cm³/mol. The second kappa shape index (κ2) is 3.79. The molecule has 0 aromatic heterocycles. The Morgan fingerprint density at radius 2 is 1.77 bits per heavy atom. The first-order valence-corrected chi connectivity index (χ1v) is 3.70. The van der Waals surface area contributed by atoms with Gasteiger partial charge in [-0.15, -0.1) is 0 Å². The van der Waals surface area contributed by atoms with E-state index in [2.05, 4.69) is 4.84 Å². The Morgan fingerprint density at radius 1 is 1.38 bits per heavy atom. The third-order valence-electron chi connectivity index (χ3n) is 1.18. The zero-order chi connectivity index (χ0) is 10.9. The van der Waals surface area contributed by atoms with Crippen molar-refractivity contribution in [3.8, 4) is 0 Å². The molecular weight excluding hydrogens is 262 g/mol. The molecule has 78 valence electrons. The van der Waals surface area contributed by atoms with Crippen LogP contribution in [0.1, 0.15) is 0 Å². The molecule has 0 aliphatic carbocycles. The van der Waals surface area contributed by atoms with Crippen LogP contribution in [0.25, 0.3) is 0 Å². The summed E-state index contributed by atoms with van der Waals surface area (Å²) in [5.74, 6) is -1.87. The van der Waals surface area contributed by atoms with Crippen molar-refractivity contribution in [1.82, 2.24) is 5.06 Å². The molecule has 0 heterocycles. The van der Waals surface area contributed by atoms with E-state index < -0.39 is 16.7 Å². The molecule has 0 radical (unpaired) electrons. The van der Waals surface area contributed by atoms with Gasteiger partial charge in [-0.1, -0.05) is 0 Å². The van der Waals surface area contributed by atoms with Crippen LogP contribution in [0.5, 0.6) is 0 Å². The molecule has 0 saturated carbocycles. The van der Waals surface area contributed by atoms with E-state index >= 15 is 0 Å². The van der Waals surface area contributed by atoms with Crippen LogP contribution in [0.4, 0.5) is 17.6 Å². The van der Waals surface area contributed by atoms with Crippen molar-refractivity contribution in [2.24, 2.45) is 0 Å². The van der Waals surface area contributed by atoms with Gasteiger partial charge in [0, 0.05) is 7.05 Å².